The van der Waals surface area contributed by atoms with Crippen LogP contribution < -0.4 is 0 Å². The lowest BCUT2D eigenvalue weighted by molar-refractivity contribution is -0.144. The van der Waals surface area contributed by atoms with Crippen LogP contribution in [0, 0.1) is 0 Å². The van der Waals surface area contributed by atoms with Crippen LogP contribution in [0.25, 0.3) is 0 Å². The standard InChI is InChI=1S/C7H5F5N2O2/c1-14-4(7(10,11)12)2(6(15)16)3(13-14)5(8)9/h5H,1H3,(H,15,16). The Morgan fingerprint density at radius 3 is 2.25 bits per heavy atom. The maximum absolute atomic E-state index is 12.4. The molecule has 0 aliphatic carbocycles. The van der Waals surface area contributed by atoms with E-state index in [0.717, 1.165) is 7.05 Å². The number of nitrogens with zero attached hydrogens (tertiary/aromatic N) is 2. The van der Waals surface area contributed by atoms with Crippen molar-refractivity contribution in [3.8, 4) is 0 Å². The molecule has 0 aliphatic heterocycles. The highest BCUT2D eigenvalue weighted by atomic mass is 19.4. The van der Waals surface area contributed by atoms with E-state index in [0.29, 0.717) is 0 Å². The minimum absolute atomic E-state index is 0.0882. The first-order chi connectivity index (χ1) is 7.16. The van der Waals surface area contributed by atoms with Crippen LogP contribution in [0.15, 0.2) is 0 Å². The van der Waals surface area contributed by atoms with E-state index >= 15 is 0 Å². The second kappa shape index (κ2) is 3.72. The van der Waals surface area contributed by atoms with Crippen molar-refractivity contribution in [3.63, 3.8) is 0 Å². The first kappa shape index (κ1) is 12.4. The van der Waals surface area contributed by atoms with Crippen LogP contribution in [0.3, 0.4) is 0 Å². The van der Waals surface area contributed by atoms with E-state index in [1.54, 1.807) is 0 Å². The highest BCUT2D eigenvalue weighted by Gasteiger charge is 2.42. The van der Waals surface area contributed by atoms with Crippen molar-refractivity contribution in [2.45, 2.75) is 12.6 Å². The van der Waals surface area contributed by atoms with Gasteiger partial charge >= 0.3 is 12.1 Å². The van der Waals surface area contributed by atoms with Crippen molar-refractivity contribution >= 4 is 5.97 Å². The van der Waals surface area contributed by atoms with Crippen LogP contribution in [0.2, 0.25) is 0 Å². The fourth-order valence-electron chi connectivity index (χ4n) is 1.23. The second-order valence-electron chi connectivity index (χ2n) is 2.84. The zero-order valence-electron chi connectivity index (χ0n) is 7.72. The molecule has 1 aromatic rings. The Labute approximate surface area is 85.3 Å². The lowest BCUT2D eigenvalue weighted by Crippen LogP contribution is -2.16. The van der Waals surface area contributed by atoms with Crippen molar-refractivity contribution in [1.29, 1.82) is 0 Å². The van der Waals surface area contributed by atoms with Gasteiger partial charge in [0, 0.05) is 7.05 Å². The molecule has 16 heavy (non-hydrogen) atoms. The third kappa shape index (κ3) is 1.97. The number of carboxylic acid groups (broad SMARTS) is 1. The first-order valence-electron chi connectivity index (χ1n) is 3.81. The molecule has 0 radical (unpaired) electrons. The first-order valence-corrected chi connectivity index (χ1v) is 3.81. The lowest BCUT2D eigenvalue weighted by Gasteiger charge is -2.07. The van der Waals surface area contributed by atoms with Gasteiger partial charge in [-0.3, -0.25) is 4.68 Å². The lowest BCUT2D eigenvalue weighted by atomic mass is 10.1. The maximum atomic E-state index is 12.4. The fraction of sp³-hybridized carbons (Fsp3) is 0.429. The number of carboxylic acids is 1. The molecule has 90 valence electrons. The Bertz CT molecular complexity index is 423. The van der Waals surface area contributed by atoms with Crippen LogP contribution in [-0.2, 0) is 13.2 Å². The van der Waals surface area contributed by atoms with E-state index in [1.165, 1.54) is 0 Å². The molecule has 0 spiro atoms. The van der Waals surface area contributed by atoms with Crippen LogP contribution in [0.5, 0.6) is 0 Å². The van der Waals surface area contributed by atoms with Gasteiger partial charge in [-0.1, -0.05) is 0 Å². The van der Waals surface area contributed by atoms with Gasteiger partial charge in [-0.2, -0.15) is 18.3 Å². The molecule has 0 bridgehead atoms. The summed E-state index contributed by atoms with van der Waals surface area (Å²) in [6.45, 7) is 0. The monoisotopic (exact) mass is 244 g/mol. The summed E-state index contributed by atoms with van der Waals surface area (Å²) in [6.07, 6.45) is -8.43. The van der Waals surface area contributed by atoms with Gasteiger partial charge in [-0.25, -0.2) is 13.6 Å². The molecular weight excluding hydrogens is 239 g/mol. The van der Waals surface area contributed by atoms with Gasteiger partial charge < -0.3 is 5.11 Å². The van der Waals surface area contributed by atoms with Crippen molar-refractivity contribution in [2.75, 3.05) is 0 Å². The number of aryl methyl sites for hydroxylation is 1. The van der Waals surface area contributed by atoms with Gasteiger partial charge in [-0.05, 0) is 0 Å². The minimum Gasteiger partial charge on any atom is -0.478 e. The predicted octanol–water partition coefficient (Wildman–Crippen LogP) is 2.07. The highest BCUT2D eigenvalue weighted by molar-refractivity contribution is 5.90. The van der Waals surface area contributed by atoms with Gasteiger partial charge in [0.25, 0.3) is 6.43 Å². The molecule has 0 aliphatic rings. The maximum Gasteiger partial charge on any atom is 0.433 e. The molecule has 0 amide bonds. The number of aromatic carboxylic acids is 1. The van der Waals surface area contributed by atoms with Gasteiger partial charge in [0.1, 0.15) is 11.3 Å². The zero-order valence-corrected chi connectivity index (χ0v) is 7.72. The van der Waals surface area contributed by atoms with E-state index in [1.807, 2.05) is 0 Å². The molecule has 0 saturated heterocycles. The molecule has 0 fully saturated rings. The number of alkyl halides is 5. The summed E-state index contributed by atoms with van der Waals surface area (Å²) in [5, 5.41) is 11.3. The predicted molar refractivity (Wildman–Crippen MR) is 40.1 cm³/mol. The number of hydrogen-bond acceptors (Lipinski definition) is 2. The molecule has 0 saturated carbocycles. The Kier molecular flexibility index (Phi) is 2.89. The van der Waals surface area contributed by atoms with E-state index in [-0.39, 0.29) is 4.68 Å². The SMILES string of the molecule is Cn1nc(C(F)F)c(C(=O)O)c1C(F)(F)F. The Hall–Kier alpha value is -1.67. The molecule has 0 unspecified atom stereocenters. The smallest absolute Gasteiger partial charge is 0.433 e. The van der Waals surface area contributed by atoms with E-state index in [9.17, 15) is 26.7 Å². The molecule has 0 aromatic carbocycles. The van der Waals surface area contributed by atoms with Gasteiger partial charge in [-0.15, -0.1) is 0 Å². The average Bonchev–Trinajstić information content (AvgIpc) is 2.41. The van der Waals surface area contributed by atoms with Crippen molar-refractivity contribution in [2.24, 2.45) is 7.05 Å². The van der Waals surface area contributed by atoms with Crippen LogP contribution in [0.4, 0.5) is 22.0 Å². The van der Waals surface area contributed by atoms with Crippen LogP contribution in [-0.4, -0.2) is 20.9 Å². The highest BCUT2D eigenvalue weighted by Crippen LogP contribution is 2.35. The minimum atomic E-state index is -5.05. The molecule has 0 atom stereocenters. The summed E-state index contributed by atoms with van der Waals surface area (Å²) in [7, 11) is 0.751. The number of hydrogen-bond donors (Lipinski definition) is 1. The van der Waals surface area contributed by atoms with Crippen molar-refractivity contribution in [3.05, 3.63) is 17.0 Å². The topological polar surface area (TPSA) is 55.1 Å². The van der Waals surface area contributed by atoms with Crippen LogP contribution in [0.1, 0.15) is 28.2 Å². The molecule has 1 N–H and O–H groups in total. The third-order valence-electron chi connectivity index (χ3n) is 1.76. The van der Waals surface area contributed by atoms with Gasteiger partial charge in [0.15, 0.2) is 5.69 Å². The Morgan fingerprint density at radius 2 is 1.94 bits per heavy atom. The van der Waals surface area contributed by atoms with Crippen molar-refractivity contribution < 1.29 is 31.9 Å². The molecule has 9 heteroatoms. The summed E-state index contributed by atoms with van der Waals surface area (Å²) < 4.78 is 61.7. The normalized spacial score (nSPS) is 12.2. The largest absolute Gasteiger partial charge is 0.478 e. The summed E-state index contributed by atoms with van der Waals surface area (Å²) in [5.74, 6) is -2.09. The number of aromatic nitrogens is 2. The number of rotatable bonds is 2. The van der Waals surface area contributed by atoms with Crippen LogP contribution >= 0.6 is 0 Å². The summed E-state index contributed by atoms with van der Waals surface area (Å²) >= 11 is 0. The number of halogens is 5. The zero-order chi connectivity index (χ0) is 12.7. The third-order valence-corrected chi connectivity index (χ3v) is 1.76. The Balaban J connectivity index is 3.55. The Morgan fingerprint density at radius 1 is 1.44 bits per heavy atom. The number of carbonyl (C=O) groups is 1. The average molecular weight is 244 g/mol. The molecular formula is C7H5F5N2O2. The fourth-order valence-corrected chi connectivity index (χ4v) is 1.23. The molecule has 4 nitrogen and oxygen atoms in total. The van der Waals surface area contributed by atoms with E-state index in [4.69, 9.17) is 5.11 Å². The molecule has 1 rings (SSSR count). The van der Waals surface area contributed by atoms with E-state index < -0.39 is 35.5 Å². The summed E-state index contributed by atoms with van der Waals surface area (Å²) in [5.41, 5.74) is -4.59. The van der Waals surface area contributed by atoms with E-state index in [2.05, 4.69) is 5.10 Å². The quantitative estimate of drug-likeness (QED) is 0.810. The second-order valence-corrected chi connectivity index (χ2v) is 2.84. The molecule has 1 aromatic heterocycles. The molecule has 1 heterocycles. The summed E-state index contributed by atoms with van der Waals surface area (Å²) in [4.78, 5) is 10.5. The van der Waals surface area contributed by atoms with Crippen molar-refractivity contribution in [1.82, 2.24) is 9.78 Å². The summed E-state index contributed by atoms with van der Waals surface area (Å²) in [6, 6.07) is 0. The van der Waals surface area contributed by atoms with Gasteiger partial charge in [0.2, 0.25) is 0 Å². The van der Waals surface area contributed by atoms with Gasteiger partial charge in [0.05, 0.1) is 0 Å².